The fourth-order valence-corrected chi connectivity index (χ4v) is 2.84. The van der Waals surface area contributed by atoms with Crippen LogP contribution in [0, 0.1) is 5.82 Å². The molecule has 1 amide bonds. The van der Waals surface area contributed by atoms with E-state index in [-0.39, 0.29) is 5.56 Å². The van der Waals surface area contributed by atoms with Crippen LogP contribution < -0.4 is 10.1 Å². The number of carboxylic acid groups (broad SMARTS) is 1. The van der Waals surface area contributed by atoms with Crippen molar-refractivity contribution in [2.24, 2.45) is 0 Å². The number of phenols is 1. The Hall–Kier alpha value is -4.33. The SMILES string of the molecule is O=C(O)/C=C/[C@@H](Oc1ccccc1)[C@H](OC(=O)Nc1ccccc1)c1ccc(O)c(F)c1. The zero-order valence-electron chi connectivity index (χ0n) is 16.7. The van der Waals surface area contributed by atoms with Gasteiger partial charge in [0.1, 0.15) is 5.75 Å². The number of anilines is 1. The number of hydrogen-bond donors (Lipinski definition) is 3. The van der Waals surface area contributed by atoms with Crippen LogP contribution in [-0.2, 0) is 9.53 Å². The van der Waals surface area contributed by atoms with Crippen LogP contribution in [0.3, 0.4) is 0 Å². The van der Waals surface area contributed by atoms with Gasteiger partial charge >= 0.3 is 12.1 Å². The van der Waals surface area contributed by atoms with Crippen LogP contribution in [0.25, 0.3) is 0 Å². The lowest BCUT2D eigenvalue weighted by Gasteiger charge is -2.26. The molecule has 8 heteroatoms. The van der Waals surface area contributed by atoms with E-state index < -0.39 is 35.8 Å². The Morgan fingerprint density at radius 2 is 1.62 bits per heavy atom. The molecule has 0 heterocycles. The third-order valence-electron chi connectivity index (χ3n) is 4.30. The molecule has 0 aliphatic carbocycles. The molecule has 7 nitrogen and oxygen atoms in total. The highest BCUT2D eigenvalue weighted by Gasteiger charge is 2.28. The van der Waals surface area contributed by atoms with E-state index in [0.29, 0.717) is 11.4 Å². The number of carbonyl (C=O) groups excluding carboxylic acids is 1. The minimum absolute atomic E-state index is 0.152. The first-order valence-corrected chi connectivity index (χ1v) is 9.56. The van der Waals surface area contributed by atoms with Crippen molar-refractivity contribution < 1.29 is 33.7 Å². The van der Waals surface area contributed by atoms with Gasteiger partial charge in [-0.3, -0.25) is 5.32 Å². The molecule has 0 fully saturated rings. The van der Waals surface area contributed by atoms with Crippen molar-refractivity contribution in [1.29, 1.82) is 0 Å². The van der Waals surface area contributed by atoms with E-state index >= 15 is 0 Å². The predicted octanol–water partition coefficient (Wildman–Crippen LogP) is 4.91. The summed E-state index contributed by atoms with van der Waals surface area (Å²) < 4.78 is 25.5. The number of ether oxygens (including phenoxy) is 2. The summed E-state index contributed by atoms with van der Waals surface area (Å²) in [5.41, 5.74) is 0.620. The number of rotatable bonds is 8. The van der Waals surface area contributed by atoms with Crippen molar-refractivity contribution in [1.82, 2.24) is 0 Å². The van der Waals surface area contributed by atoms with Crippen LogP contribution >= 0.6 is 0 Å². The summed E-state index contributed by atoms with van der Waals surface area (Å²) in [5.74, 6) is -2.37. The van der Waals surface area contributed by atoms with E-state index in [1.807, 2.05) is 0 Å². The van der Waals surface area contributed by atoms with Crippen LogP contribution in [0.1, 0.15) is 11.7 Å². The third kappa shape index (κ3) is 6.33. The number of carbonyl (C=O) groups is 2. The Morgan fingerprint density at radius 3 is 2.25 bits per heavy atom. The van der Waals surface area contributed by atoms with Gasteiger partial charge in [-0.1, -0.05) is 42.5 Å². The summed E-state index contributed by atoms with van der Waals surface area (Å²) in [7, 11) is 0. The van der Waals surface area contributed by atoms with E-state index in [4.69, 9.17) is 14.6 Å². The van der Waals surface area contributed by atoms with E-state index in [2.05, 4.69) is 5.32 Å². The first-order valence-electron chi connectivity index (χ1n) is 9.56. The maximum Gasteiger partial charge on any atom is 0.412 e. The van der Waals surface area contributed by atoms with Crippen molar-refractivity contribution in [3.8, 4) is 11.5 Å². The van der Waals surface area contributed by atoms with Gasteiger partial charge in [-0.15, -0.1) is 0 Å². The van der Waals surface area contributed by atoms with Gasteiger partial charge in [0.25, 0.3) is 0 Å². The molecule has 3 N–H and O–H groups in total. The van der Waals surface area contributed by atoms with Gasteiger partial charge in [-0.05, 0) is 48.0 Å². The predicted molar refractivity (Wildman–Crippen MR) is 115 cm³/mol. The quantitative estimate of drug-likeness (QED) is 0.433. The molecular formula is C24H20FNO6. The Labute approximate surface area is 183 Å². The summed E-state index contributed by atoms with van der Waals surface area (Å²) in [6, 6.07) is 20.5. The van der Waals surface area contributed by atoms with Crippen molar-refractivity contribution >= 4 is 17.7 Å². The molecule has 164 valence electrons. The van der Waals surface area contributed by atoms with Crippen molar-refractivity contribution in [3.63, 3.8) is 0 Å². The second-order valence-corrected chi connectivity index (χ2v) is 6.62. The number of benzene rings is 3. The fraction of sp³-hybridized carbons (Fsp3) is 0.0833. The molecule has 32 heavy (non-hydrogen) atoms. The average molecular weight is 437 g/mol. The molecule has 0 aliphatic heterocycles. The first-order chi connectivity index (χ1) is 15.4. The topological polar surface area (TPSA) is 105 Å². The zero-order valence-corrected chi connectivity index (χ0v) is 16.7. The zero-order chi connectivity index (χ0) is 22.9. The van der Waals surface area contributed by atoms with Crippen LogP contribution in [-0.4, -0.2) is 28.4 Å². The normalized spacial score (nSPS) is 12.7. The van der Waals surface area contributed by atoms with Crippen molar-refractivity contribution in [2.45, 2.75) is 12.2 Å². The smallest absolute Gasteiger partial charge is 0.412 e. The standard InChI is InChI=1S/C24H20FNO6/c25-19-15-16(11-12-20(19)27)23(32-24(30)26-17-7-3-1-4-8-17)21(13-14-22(28)29)31-18-9-5-2-6-10-18/h1-15,21,23,27H,(H,26,30)(H,28,29)/b14-13+/t21-,23-/m1/s1. The van der Waals surface area contributed by atoms with Crippen LogP contribution in [0.4, 0.5) is 14.9 Å². The van der Waals surface area contributed by atoms with Gasteiger partial charge in [0, 0.05) is 11.8 Å². The minimum Gasteiger partial charge on any atom is -0.505 e. The summed E-state index contributed by atoms with van der Waals surface area (Å²) in [6.45, 7) is 0. The van der Waals surface area contributed by atoms with Crippen LogP contribution in [0.2, 0.25) is 0 Å². The van der Waals surface area contributed by atoms with Crippen LogP contribution in [0.5, 0.6) is 11.5 Å². The number of aliphatic carboxylic acids is 1. The Balaban J connectivity index is 1.95. The monoisotopic (exact) mass is 437 g/mol. The van der Waals surface area contributed by atoms with Gasteiger partial charge < -0.3 is 19.7 Å². The Morgan fingerprint density at radius 1 is 0.969 bits per heavy atom. The van der Waals surface area contributed by atoms with Gasteiger partial charge in [0.2, 0.25) is 0 Å². The van der Waals surface area contributed by atoms with Gasteiger partial charge in [-0.25, -0.2) is 14.0 Å². The number of para-hydroxylation sites is 2. The molecule has 0 aromatic heterocycles. The average Bonchev–Trinajstić information content (AvgIpc) is 2.78. The lowest BCUT2D eigenvalue weighted by molar-refractivity contribution is -0.131. The number of carboxylic acids is 1. The van der Waals surface area contributed by atoms with E-state index in [1.165, 1.54) is 12.1 Å². The third-order valence-corrected chi connectivity index (χ3v) is 4.30. The Bertz CT molecular complexity index is 1090. The number of nitrogens with one attached hydrogen (secondary N) is 1. The van der Waals surface area contributed by atoms with Crippen LogP contribution in [0.15, 0.2) is 91.0 Å². The van der Waals surface area contributed by atoms with Crippen molar-refractivity contribution in [2.75, 3.05) is 5.32 Å². The molecule has 2 atom stereocenters. The molecule has 0 aliphatic rings. The number of phenolic OH excluding ortho intramolecular Hbond substituents is 1. The number of aromatic hydroxyl groups is 1. The second-order valence-electron chi connectivity index (χ2n) is 6.62. The maximum absolute atomic E-state index is 14.1. The molecule has 0 saturated heterocycles. The lowest BCUT2D eigenvalue weighted by atomic mass is 10.0. The maximum atomic E-state index is 14.1. The highest BCUT2D eigenvalue weighted by atomic mass is 19.1. The van der Waals surface area contributed by atoms with Crippen molar-refractivity contribution in [3.05, 3.63) is 102 Å². The number of hydrogen-bond acceptors (Lipinski definition) is 5. The summed E-state index contributed by atoms with van der Waals surface area (Å²) in [6.07, 6.45) is -1.19. The molecule has 0 spiro atoms. The van der Waals surface area contributed by atoms with E-state index in [1.54, 1.807) is 60.7 Å². The molecule has 0 saturated carbocycles. The first kappa shape index (κ1) is 22.4. The molecular weight excluding hydrogens is 417 g/mol. The fourth-order valence-electron chi connectivity index (χ4n) is 2.84. The van der Waals surface area contributed by atoms with E-state index in [9.17, 15) is 19.1 Å². The molecule has 3 aromatic carbocycles. The number of halogens is 1. The highest BCUT2D eigenvalue weighted by Crippen LogP contribution is 2.30. The Kier molecular flexibility index (Phi) is 7.42. The number of amides is 1. The molecule has 3 aromatic rings. The molecule has 0 radical (unpaired) electrons. The molecule has 0 bridgehead atoms. The molecule has 0 unspecified atom stereocenters. The largest absolute Gasteiger partial charge is 0.505 e. The summed E-state index contributed by atoms with van der Waals surface area (Å²) >= 11 is 0. The second kappa shape index (κ2) is 10.6. The van der Waals surface area contributed by atoms with Gasteiger partial charge in [0.05, 0.1) is 0 Å². The van der Waals surface area contributed by atoms with E-state index in [0.717, 1.165) is 18.2 Å². The van der Waals surface area contributed by atoms with Gasteiger partial charge in [-0.2, -0.15) is 0 Å². The highest BCUT2D eigenvalue weighted by molar-refractivity contribution is 5.84. The van der Waals surface area contributed by atoms with Gasteiger partial charge in [0.15, 0.2) is 23.8 Å². The minimum atomic E-state index is -1.25. The molecule has 3 rings (SSSR count). The lowest BCUT2D eigenvalue weighted by Crippen LogP contribution is -2.30. The summed E-state index contributed by atoms with van der Waals surface area (Å²) in [5, 5.41) is 21.2. The summed E-state index contributed by atoms with van der Waals surface area (Å²) in [4.78, 5) is 23.7.